The molecule has 3 aromatic carbocycles. The fourth-order valence-corrected chi connectivity index (χ4v) is 2.82. The molecule has 0 saturated carbocycles. The lowest BCUT2D eigenvalue weighted by Crippen LogP contribution is -2.02. The van der Waals surface area contributed by atoms with E-state index in [1.165, 1.54) is 12.1 Å². The molecule has 0 aliphatic heterocycles. The van der Waals surface area contributed by atoms with Gasteiger partial charge >= 0.3 is 5.97 Å². The lowest BCUT2D eigenvalue weighted by atomic mass is 10.0. The second-order valence-electron chi connectivity index (χ2n) is 6.64. The van der Waals surface area contributed by atoms with Crippen LogP contribution in [0.25, 0.3) is 0 Å². The normalized spacial score (nSPS) is 10.7. The van der Waals surface area contributed by atoms with Gasteiger partial charge in [-0.05, 0) is 30.7 Å². The molecule has 0 aliphatic rings. The zero-order chi connectivity index (χ0) is 22.9. The molecule has 0 heterocycles. The second kappa shape index (κ2) is 10.7. The summed E-state index contributed by atoms with van der Waals surface area (Å²) in [4.78, 5) is 24.0. The van der Waals surface area contributed by atoms with E-state index in [9.17, 15) is 14.7 Å². The molecule has 7 heteroatoms. The molecule has 32 heavy (non-hydrogen) atoms. The van der Waals surface area contributed by atoms with Crippen LogP contribution in [0.4, 0.5) is 11.4 Å². The van der Waals surface area contributed by atoms with Crippen molar-refractivity contribution in [2.45, 2.75) is 13.5 Å². The monoisotopic (exact) mass is 430 g/mol. The van der Waals surface area contributed by atoms with Crippen LogP contribution in [0.1, 0.15) is 28.4 Å². The number of esters is 1. The van der Waals surface area contributed by atoms with Gasteiger partial charge in [-0.2, -0.15) is 5.11 Å². The van der Waals surface area contributed by atoms with Gasteiger partial charge in [0.2, 0.25) is 0 Å². The Balaban J connectivity index is 1.85. The van der Waals surface area contributed by atoms with Crippen molar-refractivity contribution in [3.8, 4) is 11.5 Å². The number of phenolic OH excluding ortho intramolecular Hbond substituents is 1. The van der Waals surface area contributed by atoms with Gasteiger partial charge in [0, 0.05) is 17.7 Å². The highest BCUT2D eigenvalue weighted by Crippen LogP contribution is 2.36. The number of ketones is 1. The number of aromatic hydroxyl groups is 1. The van der Waals surface area contributed by atoms with Crippen molar-refractivity contribution < 1.29 is 24.2 Å². The van der Waals surface area contributed by atoms with Gasteiger partial charge in [0.15, 0.2) is 11.5 Å². The Kier molecular flexibility index (Phi) is 7.48. The minimum absolute atomic E-state index is 0.105. The average Bonchev–Trinajstić information content (AvgIpc) is 2.83. The Hall–Kier alpha value is -4.26. The molecule has 0 amide bonds. The van der Waals surface area contributed by atoms with Gasteiger partial charge in [-0.25, -0.2) is 4.79 Å². The van der Waals surface area contributed by atoms with Crippen molar-refractivity contribution in [3.63, 3.8) is 0 Å². The zero-order valence-electron chi connectivity index (χ0n) is 17.5. The Morgan fingerprint density at radius 1 is 1.03 bits per heavy atom. The third-order valence-electron chi connectivity index (χ3n) is 4.42. The van der Waals surface area contributed by atoms with Crippen LogP contribution in [0, 0.1) is 0 Å². The second-order valence-corrected chi connectivity index (χ2v) is 6.64. The number of hydrogen-bond donors (Lipinski definition) is 1. The van der Waals surface area contributed by atoms with E-state index in [-0.39, 0.29) is 23.7 Å². The van der Waals surface area contributed by atoms with Crippen LogP contribution in [-0.4, -0.2) is 23.5 Å². The number of azo groups is 1. The third kappa shape index (κ3) is 5.66. The number of nitrogens with zero attached hydrogens (tertiary/aromatic N) is 2. The van der Waals surface area contributed by atoms with Crippen LogP contribution >= 0.6 is 0 Å². The molecular weight excluding hydrogens is 408 g/mol. The first kappa shape index (κ1) is 22.4. The maximum absolute atomic E-state index is 12.8. The van der Waals surface area contributed by atoms with Crippen LogP contribution < -0.4 is 4.74 Å². The van der Waals surface area contributed by atoms with E-state index in [0.29, 0.717) is 29.3 Å². The van der Waals surface area contributed by atoms with E-state index in [1.54, 1.807) is 55.5 Å². The van der Waals surface area contributed by atoms with Gasteiger partial charge in [-0.3, -0.25) is 4.79 Å². The Labute approximate surface area is 185 Å². The Morgan fingerprint density at radius 2 is 1.75 bits per heavy atom. The first-order chi connectivity index (χ1) is 15.5. The minimum atomic E-state index is -0.495. The SMILES string of the molecule is C=CC(=O)OCc1ccc(N=Nc2cc(C(=O)c3ccccc3)c(O)cc2OCC)cc1. The number of phenols is 1. The fourth-order valence-electron chi connectivity index (χ4n) is 2.82. The van der Waals surface area contributed by atoms with Crippen molar-refractivity contribution in [3.05, 3.63) is 96.1 Å². The molecule has 0 radical (unpaired) electrons. The molecule has 7 nitrogen and oxygen atoms in total. The van der Waals surface area contributed by atoms with Crippen molar-refractivity contribution in [1.29, 1.82) is 0 Å². The molecule has 0 saturated heterocycles. The highest BCUT2D eigenvalue weighted by Gasteiger charge is 2.18. The first-order valence-electron chi connectivity index (χ1n) is 9.91. The van der Waals surface area contributed by atoms with Crippen LogP contribution in [0.2, 0.25) is 0 Å². The third-order valence-corrected chi connectivity index (χ3v) is 4.42. The van der Waals surface area contributed by atoms with E-state index < -0.39 is 5.97 Å². The van der Waals surface area contributed by atoms with Gasteiger partial charge < -0.3 is 14.6 Å². The van der Waals surface area contributed by atoms with E-state index in [2.05, 4.69) is 16.8 Å². The highest BCUT2D eigenvalue weighted by atomic mass is 16.5. The van der Waals surface area contributed by atoms with Crippen molar-refractivity contribution in [2.24, 2.45) is 10.2 Å². The van der Waals surface area contributed by atoms with Crippen LogP contribution in [0.3, 0.4) is 0 Å². The summed E-state index contributed by atoms with van der Waals surface area (Å²) in [6.45, 7) is 5.63. The quantitative estimate of drug-likeness (QED) is 0.204. The molecule has 0 aromatic heterocycles. The lowest BCUT2D eigenvalue weighted by Gasteiger charge is -2.10. The van der Waals surface area contributed by atoms with Crippen LogP contribution in [0.15, 0.2) is 89.6 Å². The van der Waals surface area contributed by atoms with Crippen molar-refractivity contribution in [1.82, 2.24) is 0 Å². The fraction of sp³-hybridized carbons (Fsp3) is 0.120. The smallest absolute Gasteiger partial charge is 0.330 e. The van der Waals surface area contributed by atoms with E-state index >= 15 is 0 Å². The van der Waals surface area contributed by atoms with Gasteiger partial charge in [-0.1, -0.05) is 49.0 Å². The molecule has 1 N–H and O–H groups in total. The summed E-state index contributed by atoms with van der Waals surface area (Å²) in [5.41, 5.74) is 2.20. The van der Waals surface area contributed by atoms with E-state index in [0.717, 1.165) is 11.6 Å². The minimum Gasteiger partial charge on any atom is -0.507 e. The molecular formula is C25H22N2O5. The average molecular weight is 430 g/mol. The predicted molar refractivity (Wildman–Crippen MR) is 120 cm³/mol. The standard InChI is InChI=1S/C25H22N2O5/c1-3-24(29)32-16-17-10-12-19(13-11-17)26-27-21-14-20(22(28)15-23(21)31-4-2)25(30)18-8-6-5-7-9-18/h3,5-15,28H,1,4,16H2,2H3. The molecule has 0 aliphatic carbocycles. The molecule has 162 valence electrons. The number of carbonyl (C=O) groups is 2. The summed E-state index contributed by atoms with van der Waals surface area (Å²) in [6, 6.07) is 18.4. The number of rotatable bonds is 9. The lowest BCUT2D eigenvalue weighted by molar-refractivity contribution is -0.138. The number of benzene rings is 3. The maximum atomic E-state index is 12.8. The Morgan fingerprint density at radius 3 is 2.41 bits per heavy atom. The molecule has 0 bridgehead atoms. The summed E-state index contributed by atoms with van der Waals surface area (Å²) in [5.74, 6) is -0.711. The number of hydrogen-bond acceptors (Lipinski definition) is 7. The van der Waals surface area contributed by atoms with Crippen LogP contribution in [-0.2, 0) is 16.1 Å². The van der Waals surface area contributed by atoms with Crippen LogP contribution in [0.5, 0.6) is 11.5 Å². The highest BCUT2D eigenvalue weighted by molar-refractivity contribution is 6.11. The molecule has 3 aromatic rings. The van der Waals surface area contributed by atoms with Gasteiger partial charge in [-0.15, -0.1) is 5.11 Å². The van der Waals surface area contributed by atoms with Gasteiger partial charge in [0.1, 0.15) is 18.0 Å². The summed E-state index contributed by atoms with van der Waals surface area (Å²) >= 11 is 0. The summed E-state index contributed by atoms with van der Waals surface area (Å²) in [6.07, 6.45) is 1.10. The maximum Gasteiger partial charge on any atom is 0.330 e. The van der Waals surface area contributed by atoms with Gasteiger partial charge in [0.05, 0.1) is 17.9 Å². The molecule has 0 fully saturated rings. The summed E-state index contributed by atoms with van der Waals surface area (Å²) < 4.78 is 10.5. The molecule has 0 spiro atoms. The summed E-state index contributed by atoms with van der Waals surface area (Å²) in [7, 11) is 0. The van der Waals surface area contributed by atoms with Crippen molar-refractivity contribution >= 4 is 23.1 Å². The zero-order valence-corrected chi connectivity index (χ0v) is 17.5. The predicted octanol–water partition coefficient (Wildman–Crippen LogP) is 5.67. The van der Waals surface area contributed by atoms with Crippen molar-refractivity contribution in [2.75, 3.05) is 6.61 Å². The number of carbonyl (C=O) groups excluding carboxylic acids is 2. The first-order valence-corrected chi connectivity index (χ1v) is 9.91. The Bertz CT molecular complexity index is 1140. The van der Waals surface area contributed by atoms with Gasteiger partial charge in [0.25, 0.3) is 0 Å². The molecule has 0 unspecified atom stereocenters. The largest absolute Gasteiger partial charge is 0.507 e. The number of ether oxygens (including phenoxy) is 2. The summed E-state index contributed by atoms with van der Waals surface area (Å²) in [5, 5.41) is 18.8. The van der Waals surface area contributed by atoms with E-state index in [1.807, 2.05) is 6.07 Å². The molecule has 3 rings (SSSR count). The van der Waals surface area contributed by atoms with E-state index in [4.69, 9.17) is 9.47 Å². The topological polar surface area (TPSA) is 97.6 Å². The molecule has 0 atom stereocenters.